The van der Waals surface area contributed by atoms with E-state index in [4.69, 9.17) is 34.8 Å². The third-order valence-corrected chi connectivity index (χ3v) is 4.93. The summed E-state index contributed by atoms with van der Waals surface area (Å²) in [7, 11) is 0. The van der Waals surface area contributed by atoms with Gasteiger partial charge in [0.1, 0.15) is 0 Å². The van der Waals surface area contributed by atoms with Crippen LogP contribution >= 0.6 is 34.8 Å². The van der Waals surface area contributed by atoms with E-state index in [1.54, 1.807) is 6.07 Å². The molecule has 0 amide bonds. The Morgan fingerprint density at radius 2 is 1.85 bits per heavy atom. The number of nitrogens with one attached hydrogen (secondary N) is 1. The highest BCUT2D eigenvalue weighted by Gasteiger charge is 2.28. The minimum Gasteiger partial charge on any atom is -0.364 e. The van der Waals surface area contributed by atoms with E-state index in [9.17, 15) is 0 Å². The van der Waals surface area contributed by atoms with Crippen molar-refractivity contribution in [1.82, 2.24) is 5.32 Å². The predicted molar refractivity (Wildman–Crippen MR) is 89.6 cm³/mol. The van der Waals surface area contributed by atoms with Crippen LogP contribution in [0.2, 0.25) is 15.1 Å². The Morgan fingerprint density at radius 3 is 2.50 bits per heavy atom. The molecule has 1 heterocycles. The molecule has 1 aliphatic heterocycles. The molecular weight excluding hydrogens is 315 g/mol. The Bertz CT molecular complexity index is 465. The molecule has 2 nitrogen and oxygen atoms in total. The maximum atomic E-state index is 6.38. The van der Waals surface area contributed by atoms with E-state index in [1.165, 1.54) is 12.8 Å². The first-order chi connectivity index (χ1) is 9.56. The van der Waals surface area contributed by atoms with Crippen LogP contribution in [0.4, 0.5) is 5.69 Å². The smallest absolute Gasteiger partial charge is 0.0655 e. The highest BCUT2D eigenvalue weighted by molar-refractivity contribution is 6.44. The Kier molecular flexibility index (Phi) is 5.85. The molecule has 5 heteroatoms. The van der Waals surface area contributed by atoms with Gasteiger partial charge in [-0.2, -0.15) is 0 Å². The standard InChI is InChI=1S/C15H21Cl3N2/c1-3-5-10-9-20(11(4-2)8-19-10)15-7-13(17)12(16)6-14(15)18/h6-7,10-11,19H,3-5,8-9H2,1-2H3. The van der Waals surface area contributed by atoms with Crippen LogP contribution in [-0.4, -0.2) is 25.2 Å². The van der Waals surface area contributed by atoms with Crippen LogP contribution < -0.4 is 10.2 Å². The van der Waals surface area contributed by atoms with Gasteiger partial charge in [0.25, 0.3) is 0 Å². The van der Waals surface area contributed by atoms with Crippen molar-refractivity contribution in [1.29, 1.82) is 0 Å². The van der Waals surface area contributed by atoms with Gasteiger partial charge in [0, 0.05) is 25.2 Å². The number of piperazine rings is 1. The first-order valence-electron chi connectivity index (χ1n) is 7.21. The number of nitrogens with zero attached hydrogens (tertiary/aromatic N) is 1. The SMILES string of the molecule is CCCC1CN(c2cc(Cl)c(Cl)cc2Cl)C(CC)CN1. The van der Waals surface area contributed by atoms with Crippen molar-refractivity contribution in [3.8, 4) is 0 Å². The predicted octanol–water partition coefficient (Wildman–Crippen LogP) is 5.00. The molecule has 112 valence electrons. The molecule has 1 aliphatic rings. The Labute approximate surface area is 136 Å². The summed E-state index contributed by atoms with van der Waals surface area (Å²) < 4.78 is 0. The van der Waals surface area contributed by atoms with Crippen LogP contribution in [0.3, 0.4) is 0 Å². The number of halogens is 3. The Balaban J connectivity index is 2.28. The van der Waals surface area contributed by atoms with Gasteiger partial charge in [-0.1, -0.05) is 55.1 Å². The van der Waals surface area contributed by atoms with Crippen LogP contribution in [-0.2, 0) is 0 Å². The van der Waals surface area contributed by atoms with Gasteiger partial charge < -0.3 is 10.2 Å². The highest BCUT2D eigenvalue weighted by Crippen LogP contribution is 2.36. The second-order valence-electron chi connectivity index (χ2n) is 5.33. The molecule has 0 aliphatic carbocycles. The molecule has 0 aromatic heterocycles. The van der Waals surface area contributed by atoms with Gasteiger partial charge in [0.15, 0.2) is 0 Å². The molecule has 0 spiro atoms. The summed E-state index contributed by atoms with van der Waals surface area (Å²) in [6.45, 7) is 6.36. The second-order valence-corrected chi connectivity index (χ2v) is 6.55. The fourth-order valence-corrected chi connectivity index (χ4v) is 3.45. The Hall–Kier alpha value is -0.150. The van der Waals surface area contributed by atoms with E-state index < -0.39 is 0 Å². The van der Waals surface area contributed by atoms with Gasteiger partial charge in [0.2, 0.25) is 0 Å². The molecule has 1 saturated heterocycles. The second kappa shape index (κ2) is 7.22. The summed E-state index contributed by atoms with van der Waals surface area (Å²) in [6.07, 6.45) is 3.42. The summed E-state index contributed by atoms with van der Waals surface area (Å²) in [4.78, 5) is 2.38. The van der Waals surface area contributed by atoms with E-state index in [2.05, 4.69) is 24.1 Å². The molecule has 2 rings (SSSR count). The van der Waals surface area contributed by atoms with Gasteiger partial charge in [-0.05, 0) is 25.0 Å². The van der Waals surface area contributed by atoms with Gasteiger partial charge in [-0.25, -0.2) is 0 Å². The molecule has 20 heavy (non-hydrogen) atoms. The van der Waals surface area contributed by atoms with Gasteiger partial charge in [-0.15, -0.1) is 0 Å². The van der Waals surface area contributed by atoms with Crippen LogP contribution in [0.5, 0.6) is 0 Å². The normalized spacial score (nSPS) is 23.1. The molecule has 2 atom stereocenters. The third-order valence-electron chi connectivity index (χ3n) is 3.91. The number of rotatable bonds is 4. The quantitative estimate of drug-likeness (QED) is 0.779. The van der Waals surface area contributed by atoms with Crippen LogP contribution in [0.25, 0.3) is 0 Å². The maximum Gasteiger partial charge on any atom is 0.0655 e. The van der Waals surface area contributed by atoms with Crippen LogP contribution in [0.15, 0.2) is 12.1 Å². The zero-order chi connectivity index (χ0) is 14.7. The lowest BCUT2D eigenvalue weighted by Crippen LogP contribution is -2.56. The van der Waals surface area contributed by atoms with E-state index >= 15 is 0 Å². The number of hydrogen-bond donors (Lipinski definition) is 1. The fraction of sp³-hybridized carbons (Fsp3) is 0.600. The highest BCUT2D eigenvalue weighted by atomic mass is 35.5. The van der Waals surface area contributed by atoms with E-state index in [0.717, 1.165) is 25.2 Å². The first kappa shape index (κ1) is 16.2. The minimum absolute atomic E-state index is 0.442. The molecular formula is C15H21Cl3N2. The van der Waals surface area contributed by atoms with Crippen molar-refractivity contribution in [2.24, 2.45) is 0 Å². The maximum absolute atomic E-state index is 6.38. The largest absolute Gasteiger partial charge is 0.364 e. The molecule has 0 bridgehead atoms. The van der Waals surface area contributed by atoms with Gasteiger partial charge in [0.05, 0.1) is 20.8 Å². The van der Waals surface area contributed by atoms with Crippen LogP contribution in [0.1, 0.15) is 33.1 Å². The van der Waals surface area contributed by atoms with Crippen molar-refractivity contribution in [3.63, 3.8) is 0 Å². The summed E-state index contributed by atoms with van der Waals surface area (Å²) >= 11 is 18.6. The molecule has 1 aromatic carbocycles. The Morgan fingerprint density at radius 1 is 1.15 bits per heavy atom. The number of benzene rings is 1. The van der Waals surface area contributed by atoms with Crippen molar-refractivity contribution < 1.29 is 0 Å². The molecule has 0 radical (unpaired) electrons. The molecule has 1 N–H and O–H groups in total. The summed E-state index contributed by atoms with van der Waals surface area (Å²) in [6, 6.07) is 4.58. The van der Waals surface area contributed by atoms with Gasteiger partial charge >= 0.3 is 0 Å². The van der Waals surface area contributed by atoms with Gasteiger partial charge in [-0.3, -0.25) is 0 Å². The first-order valence-corrected chi connectivity index (χ1v) is 8.34. The monoisotopic (exact) mass is 334 g/mol. The van der Waals surface area contributed by atoms with E-state index in [-0.39, 0.29) is 0 Å². The number of hydrogen-bond acceptors (Lipinski definition) is 2. The van der Waals surface area contributed by atoms with E-state index in [0.29, 0.717) is 27.2 Å². The molecule has 1 aromatic rings. The lowest BCUT2D eigenvalue weighted by molar-refractivity contribution is 0.369. The summed E-state index contributed by atoms with van der Waals surface area (Å²) in [5, 5.41) is 5.37. The minimum atomic E-state index is 0.442. The molecule has 1 fully saturated rings. The molecule has 2 unspecified atom stereocenters. The average Bonchev–Trinajstić information content (AvgIpc) is 2.43. The van der Waals surface area contributed by atoms with Crippen molar-refractivity contribution in [2.75, 3.05) is 18.0 Å². The fourth-order valence-electron chi connectivity index (χ4n) is 2.80. The van der Waals surface area contributed by atoms with E-state index in [1.807, 2.05) is 6.07 Å². The van der Waals surface area contributed by atoms with Crippen molar-refractivity contribution >= 4 is 40.5 Å². The zero-order valence-corrected chi connectivity index (χ0v) is 14.2. The lowest BCUT2D eigenvalue weighted by Gasteiger charge is -2.42. The summed E-state index contributed by atoms with van der Waals surface area (Å²) in [5.74, 6) is 0. The lowest BCUT2D eigenvalue weighted by atomic mass is 10.0. The van der Waals surface area contributed by atoms with Crippen molar-refractivity contribution in [2.45, 2.75) is 45.2 Å². The third kappa shape index (κ3) is 3.54. The van der Waals surface area contributed by atoms with Crippen LogP contribution in [0, 0.1) is 0 Å². The molecule has 0 saturated carbocycles. The zero-order valence-electron chi connectivity index (χ0n) is 11.9. The average molecular weight is 336 g/mol. The topological polar surface area (TPSA) is 15.3 Å². The summed E-state index contributed by atoms with van der Waals surface area (Å²) in [5.41, 5.74) is 0.996. The number of anilines is 1. The van der Waals surface area contributed by atoms with Crippen molar-refractivity contribution in [3.05, 3.63) is 27.2 Å².